The van der Waals surface area contributed by atoms with Crippen molar-refractivity contribution in [2.45, 2.75) is 319 Å². The second kappa shape index (κ2) is 64.0. The molecule has 18 atom stereocenters. The third-order valence-corrected chi connectivity index (χ3v) is 27.9. The van der Waals surface area contributed by atoms with Gasteiger partial charge in [-0.2, -0.15) is 0 Å². The molecule has 0 bridgehead atoms. The van der Waals surface area contributed by atoms with Crippen molar-refractivity contribution in [3.63, 3.8) is 0 Å². The number of likely N-dealkylation sites (tertiary alicyclic amines) is 2. The lowest BCUT2D eigenvalue weighted by Crippen LogP contribution is -2.60. The van der Waals surface area contributed by atoms with Crippen LogP contribution in [-0.2, 0) is 112 Å². The Bertz CT molecular complexity index is 5250. The molecule has 4 heterocycles. The summed E-state index contributed by atoms with van der Waals surface area (Å²) in [4.78, 5) is 192. The number of aromatic nitrogens is 8. The van der Waals surface area contributed by atoms with Crippen LogP contribution in [0.1, 0.15) is 228 Å². The number of aliphatic carboxylic acids is 3. The number of rotatable bonds is 56. The Balaban J connectivity index is 0.000000447. The highest BCUT2D eigenvalue weighted by atomic mass is 16.5. The molecule has 2 aromatic heterocycles. The van der Waals surface area contributed by atoms with Gasteiger partial charge in [-0.15, -0.1) is 40.8 Å². The second-order valence-corrected chi connectivity index (χ2v) is 40.1. The Labute approximate surface area is 884 Å². The standard InChI is InChI=1S/C54H80N10O10.C39H65N5O8.C15H17N5O3.CH4/c1-13-34(6)48(42(73-11)30-45(67)64-28-18-21-41(64)49(74-12)35(7)51(68)56-40(54(71)72)29-37-19-15-14-16-20-37)63(10)53(70)46(32(2)3)57-52(69)47(33(4)5)62(9)44(66)23-17-22-43(65)55-31-38-24-26-39(27-25-38)50-60-58-36(8)59-61-50;1-12-25(6)34(43(9)38(48)33(24(4)5)42-37(47)32(40-8)23(2)3)30(51-10)22-31(45)44-20-16-19-29(44)35(52-11)26(7)36(46)41-28(39(49)50)21-27-17-14-13-15-18-27;1-10-17-19-15(20-18-10)12-7-5-11(6-8-12)9-16-13(21)3-2-4-14(22)23;/h14-16,19-20,24-27,32-35,40-42,46-49H,13,17-18,21-23,28-31H2,1-12H3,(H,55,65)(H,56,68)(H,57,69)(H,71,72);13-15,17-18,23-26,28-30,32-35,40H,12,16,19-22H2,1-11H3,(H,41,46)(H,42,47)(H,49,50);5-8H,2-4,9H2,1H3,(H,16,21)(H,22,23);1H4/t34-,35+,40-,41-,42+,46-,47-,48-,49+;25-,26+,28-,29-,30+,32-,33-,34-,35+;;/m00../s1. The van der Waals surface area contributed by atoms with E-state index < -0.39 is 132 Å². The zero-order chi connectivity index (χ0) is 111. The number of hydrogen-bond acceptors (Lipinski definition) is 27. The molecule has 10 N–H and O–H groups in total. The maximum atomic E-state index is 14.7. The normalized spacial score (nSPS) is 16.5. The summed E-state index contributed by atoms with van der Waals surface area (Å²) in [5, 5.41) is 79.9. The summed E-state index contributed by atoms with van der Waals surface area (Å²) in [5.41, 5.74) is 4.86. The third-order valence-electron chi connectivity index (χ3n) is 27.9. The van der Waals surface area contributed by atoms with E-state index in [0.29, 0.717) is 81.5 Å². The highest BCUT2D eigenvalue weighted by Crippen LogP contribution is 2.34. The Hall–Kier alpha value is -12.9. The molecular weight excluding hydrogens is 1930 g/mol. The van der Waals surface area contributed by atoms with Gasteiger partial charge in [-0.3, -0.25) is 57.5 Å². The van der Waals surface area contributed by atoms with Crippen LogP contribution >= 0.6 is 0 Å². The van der Waals surface area contributed by atoms with E-state index in [9.17, 15) is 77.3 Å². The minimum absolute atomic E-state index is 0. The first kappa shape index (κ1) is 128. The number of carboxylic acid groups (broad SMARTS) is 3. The summed E-state index contributed by atoms with van der Waals surface area (Å²) in [5.74, 6) is -7.48. The monoisotopic (exact) mass is 2090 g/mol. The SMILES string of the molecule is C.CC[C@H](C)[C@@H]([C@@H](CC(=O)N1CCC[C@H]1[C@H](OC)[C@@H](C)C(=O)N[C@@H](Cc1ccccc1)C(=O)O)OC)N(C)C(=O)[C@@H](NC(=O)[C@@H](NC)C(C)C)C(C)C.CC[C@H](C)[C@@H]([C@@H](CC(=O)N1CCC[C@H]1[C@H](OC)[C@@H](C)C(=O)N[C@@H](Cc1ccccc1)C(=O)O)OC)N(C)C(=O)[C@@H](NC(=O)[C@H](C(C)C)N(C)C(=O)CCCC(=O)NCc1ccc(-c2nnc(C)nn2)cc1)C(C)C.Cc1nnc(-c2ccc(CNC(=O)CCCC(=O)O)cc2)nn1. The molecule has 2 aliphatic heterocycles. The van der Waals surface area contributed by atoms with Crippen molar-refractivity contribution >= 4 is 82.9 Å². The lowest BCUT2D eigenvalue weighted by atomic mass is 9.89. The molecule has 2 saturated heterocycles. The van der Waals surface area contributed by atoms with Gasteiger partial charge in [-0.1, -0.05) is 226 Å². The van der Waals surface area contributed by atoms with E-state index in [1.807, 2.05) is 168 Å². The molecule has 8 rings (SSSR count). The molecule has 0 radical (unpaired) electrons. The van der Waals surface area contributed by atoms with E-state index in [-0.39, 0.29) is 155 Å². The van der Waals surface area contributed by atoms with Gasteiger partial charge in [0.05, 0.1) is 79.3 Å². The molecule has 11 amide bonds. The number of amides is 11. The molecule has 0 aliphatic carbocycles. The number of carbonyl (C=O) groups is 14. The molecular formula is C109H166N20O21. The number of carboxylic acids is 3. The molecule has 4 aromatic carbocycles. The first-order valence-corrected chi connectivity index (χ1v) is 51.6. The first-order chi connectivity index (χ1) is 70.7. The van der Waals surface area contributed by atoms with E-state index in [1.165, 1.54) is 33.3 Å². The van der Waals surface area contributed by atoms with Gasteiger partial charge < -0.3 is 96.0 Å². The molecule has 6 aromatic rings. The van der Waals surface area contributed by atoms with Crippen molar-refractivity contribution in [2.75, 3.05) is 69.7 Å². The Kier molecular flexibility index (Phi) is 54.4. The highest BCUT2D eigenvalue weighted by Gasteiger charge is 2.47. The predicted octanol–water partition coefficient (Wildman–Crippen LogP) is 9.24. The van der Waals surface area contributed by atoms with Crippen LogP contribution in [0.25, 0.3) is 22.8 Å². The van der Waals surface area contributed by atoms with E-state index in [4.69, 9.17) is 24.1 Å². The largest absolute Gasteiger partial charge is 0.481 e. The van der Waals surface area contributed by atoms with Crippen LogP contribution in [-0.4, -0.2) is 318 Å². The summed E-state index contributed by atoms with van der Waals surface area (Å²) >= 11 is 0. The number of nitrogens with zero attached hydrogens (tertiary/aromatic N) is 13. The van der Waals surface area contributed by atoms with Crippen LogP contribution in [0.3, 0.4) is 0 Å². The first-order valence-electron chi connectivity index (χ1n) is 51.6. The molecule has 828 valence electrons. The Morgan fingerprint density at radius 3 is 1.09 bits per heavy atom. The maximum Gasteiger partial charge on any atom is 0.326 e. The van der Waals surface area contributed by atoms with Crippen molar-refractivity contribution < 1.29 is 101 Å². The van der Waals surface area contributed by atoms with Crippen molar-refractivity contribution in [1.82, 2.24) is 103 Å². The number of methoxy groups -OCH3 is 4. The summed E-state index contributed by atoms with van der Waals surface area (Å²) < 4.78 is 23.8. The van der Waals surface area contributed by atoms with Crippen molar-refractivity contribution in [3.8, 4) is 22.8 Å². The van der Waals surface area contributed by atoms with Gasteiger partial charge in [0.2, 0.25) is 76.6 Å². The smallest absolute Gasteiger partial charge is 0.326 e. The molecule has 41 heteroatoms. The number of carbonyl (C=O) groups excluding carboxylic acids is 11. The van der Waals surface area contributed by atoms with Gasteiger partial charge in [0.25, 0.3) is 0 Å². The average molecular weight is 2090 g/mol. The van der Waals surface area contributed by atoms with Gasteiger partial charge in [0.1, 0.15) is 30.2 Å². The number of hydrogen-bond donors (Lipinski definition) is 10. The summed E-state index contributed by atoms with van der Waals surface area (Å²) in [6.45, 7) is 31.3. The van der Waals surface area contributed by atoms with Gasteiger partial charge in [-0.05, 0) is 117 Å². The van der Waals surface area contributed by atoms with E-state index >= 15 is 0 Å². The lowest BCUT2D eigenvalue weighted by molar-refractivity contribution is -0.149. The van der Waals surface area contributed by atoms with Gasteiger partial charge >= 0.3 is 17.9 Å². The number of benzene rings is 4. The maximum absolute atomic E-state index is 14.7. The van der Waals surface area contributed by atoms with Crippen molar-refractivity contribution in [3.05, 3.63) is 143 Å². The van der Waals surface area contributed by atoms with Gasteiger partial charge in [0, 0.05) is 125 Å². The molecule has 2 aliphatic rings. The zero-order valence-electron chi connectivity index (χ0n) is 91.2. The molecule has 0 spiro atoms. The minimum Gasteiger partial charge on any atom is -0.481 e. The molecule has 41 nitrogen and oxygen atoms in total. The van der Waals surface area contributed by atoms with Crippen LogP contribution in [0.2, 0.25) is 0 Å². The van der Waals surface area contributed by atoms with Crippen LogP contribution in [0, 0.1) is 61.2 Å². The Morgan fingerprint density at radius 2 is 0.773 bits per heavy atom. The fourth-order valence-corrected chi connectivity index (χ4v) is 19.0. The summed E-state index contributed by atoms with van der Waals surface area (Å²) in [6.07, 6.45) is 2.12. The summed E-state index contributed by atoms with van der Waals surface area (Å²) in [7, 11) is 12.6. The third kappa shape index (κ3) is 38.6. The van der Waals surface area contributed by atoms with Crippen molar-refractivity contribution in [1.29, 1.82) is 0 Å². The van der Waals surface area contributed by atoms with Gasteiger partial charge in [-0.25, -0.2) is 9.59 Å². The number of likely N-dealkylation sites (N-methyl/N-ethyl adjacent to an activating group) is 4. The van der Waals surface area contributed by atoms with E-state index in [2.05, 4.69) is 78.0 Å². The summed E-state index contributed by atoms with van der Waals surface area (Å²) in [6, 6.07) is 25.4. The molecule has 0 saturated carbocycles. The number of ether oxygens (including phenoxy) is 4. The minimum atomic E-state index is -1.17. The van der Waals surface area contributed by atoms with Crippen LogP contribution in [0.5, 0.6) is 0 Å². The quantitative estimate of drug-likeness (QED) is 0.0170. The van der Waals surface area contributed by atoms with Crippen LogP contribution in [0.15, 0.2) is 109 Å². The second-order valence-electron chi connectivity index (χ2n) is 40.1. The van der Waals surface area contributed by atoms with Gasteiger partial charge in [0.15, 0.2) is 11.6 Å². The van der Waals surface area contributed by atoms with Crippen molar-refractivity contribution in [2.24, 2.45) is 47.3 Å². The van der Waals surface area contributed by atoms with E-state index in [0.717, 1.165) is 39.8 Å². The molecule has 0 unspecified atom stereocenters. The topological polar surface area (TPSA) is 540 Å². The fourth-order valence-electron chi connectivity index (χ4n) is 19.0. The lowest BCUT2D eigenvalue weighted by Gasteiger charge is -2.41. The highest BCUT2D eigenvalue weighted by molar-refractivity contribution is 5.94. The Morgan fingerprint density at radius 1 is 0.420 bits per heavy atom. The van der Waals surface area contributed by atoms with Crippen LogP contribution in [0.4, 0.5) is 0 Å². The fraction of sp³-hybridized carbons (Fsp3) is 0.615. The number of aryl methyl sites for hydroxylation is 2. The van der Waals surface area contributed by atoms with E-state index in [1.54, 1.807) is 99.8 Å². The van der Waals surface area contributed by atoms with Crippen LogP contribution < -0.4 is 37.2 Å². The number of nitrogens with one attached hydrogen (secondary N) is 7. The molecule has 2 fully saturated rings. The predicted molar refractivity (Wildman–Crippen MR) is 566 cm³/mol. The molecule has 150 heavy (non-hydrogen) atoms. The zero-order valence-corrected chi connectivity index (χ0v) is 91.2. The average Bonchev–Trinajstić information content (AvgIpc) is 1.63.